The summed E-state index contributed by atoms with van der Waals surface area (Å²) >= 11 is 0. The van der Waals surface area contributed by atoms with E-state index in [1.54, 1.807) is 0 Å². The van der Waals surface area contributed by atoms with Crippen molar-refractivity contribution < 1.29 is 19.4 Å². The van der Waals surface area contributed by atoms with Crippen molar-refractivity contribution in [1.29, 1.82) is 0 Å². The van der Waals surface area contributed by atoms with Crippen molar-refractivity contribution in [2.75, 3.05) is 19.7 Å². The Hall–Kier alpha value is -1.14. The molecule has 0 heterocycles. The molecule has 4 N–H and O–H groups in total. The van der Waals surface area contributed by atoms with Gasteiger partial charge in [0.25, 0.3) is 0 Å². The van der Waals surface area contributed by atoms with Crippen molar-refractivity contribution in [2.24, 2.45) is 5.73 Å². The third kappa shape index (κ3) is 43.3. The first-order chi connectivity index (χ1) is 25.6. The largest absolute Gasteiger partial charge is 0.481 e. The number of carboxylic acids is 1. The zero-order valence-electron chi connectivity index (χ0n) is 35.0. The third-order valence-corrected chi connectivity index (χ3v) is 11.0. The van der Waals surface area contributed by atoms with E-state index in [0.717, 1.165) is 45.2 Å². The molecule has 0 radical (unpaired) electrons. The number of hydrogen-bond donors (Lipinski definition) is 3. The summed E-state index contributed by atoms with van der Waals surface area (Å²) in [4.78, 5) is 22.5. The summed E-state index contributed by atoms with van der Waals surface area (Å²) in [5.41, 5.74) is 6.05. The first-order valence-electron chi connectivity index (χ1n) is 23.4. The molecule has 6 nitrogen and oxygen atoms in total. The summed E-state index contributed by atoms with van der Waals surface area (Å²) < 4.78 is 5.44. The quantitative estimate of drug-likeness (QED) is 0.0425. The molecule has 0 rings (SSSR count). The molecule has 0 spiro atoms. The van der Waals surface area contributed by atoms with Crippen LogP contribution in [0.2, 0.25) is 0 Å². The van der Waals surface area contributed by atoms with Crippen molar-refractivity contribution in [3.63, 3.8) is 0 Å². The predicted octanol–water partition coefficient (Wildman–Crippen LogP) is 13.8. The Morgan fingerprint density at radius 2 is 0.827 bits per heavy atom. The van der Waals surface area contributed by atoms with Gasteiger partial charge in [-0.05, 0) is 38.6 Å². The summed E-state index contributed by atoms with van der Waals surface area (Å²) in [7, 11) is 0. The second-order valence-electron chi connectivity index (χ2n) is 16.2. The SMILES string of the molecule is CCCCCCCCCCCCOC(=O)CCCCCCCCCCCCCCCNC(CN)CCCCCCCCCCCCCCCC(=O)O. The molecule has 1 atom stereocenters. The lowest BCUT2D eigenvalue weighted by molar-refractivity contribution is -0.144. The zero-order chi connectivity index (χ0) is 37.8. The molecule has 1 unspecified atom stereocenters. The van der Waals surface area contributed by atoms with Crippen LogP contribution in [0.3, 0.4) is 0 Å². The summed E-state index contributed by atoms with van der Waals surface area (Å²) in [6.07, 6.45) is 48.7. The van der Waals surface area contributed by atoms with E-state index >= 15 is 0 Å². The highest BCUT2D eigenvalue weighted by atomic mass is 16.5. The standard InChI is InChI=1S/C46H92N2O4/c1-2-3-4-5-6-7-22-27-32-37-42-52-46(51)40-35-30-25-20-16-12-9-13-17-21-26-31-36-41-48-44(43-47)38-33-28-23-18-14-10-8-11-15-19-24-29-34-39-45(49)50/h44,48H,2-43,47H2,1H3,(H,49,50). The lowest BCUT2D eigenvalue weighted by Gasteiger charge is -2.16. The number of carbonyl (C=O) groups is 2. The minimum absolute atomic E-state index is 0.0131. The first-order valence-corrected chi connectivity index (χ1v) is 23.4. The zero-order valence-corrected chi connectivity index (χ0v) is 35.0. The Morgan fingerprint density at radius 3 is 1.23 bits per heavy atom. The van der Waals surface area contributed by atoms with E-state index in [4.69, 9.17) is 15.6 Å². The number of nitrogens with two attached hydrogens (primary N) is 1. The number of carboxylic acid groups (broad SMARTS) is 1. The van der Waals surface area contributed by atoms with Gasteiger partial charge in [0.2, 0.25) is 0 Å². The topological polar surface area (TPSA) is 102 Å². The molecule has 0 fully saturated rings. The van der Waals surface area contributed by atoms with Gasteiger partial charge in [0.15, 0.2) is 0 Å². The molecule has 0 bridgehead atoms. The fraction of sp³-hybridized carbons (Fsp3) is 0.957. The van der Waals surface area contributed by atoms with Gasteiger partial charge < -0.3 is 20.9 Å². The lowest BCUT2D eigenvalue weighted by Crippen LogP contribution is -2.36. The summed E-state index contributed by atoms with van der Waals surface area (Å²) in [6.45, 7) is 4.76. The van der Waals surface area contributed by atoms with Crippen molar-refractivity contribution in [3.8, 4) is 0 Å². The van der Waals surface area contributed by atoms with Crippen molar-refractivity contribution in [1.82, 2.24) is 5.32 Å². The van der Waals surface area contributed by atoms with Gasteiger partial charge in [0.05, 0.1) is 6.61 Å². The number of unbranched alkanes of at least 4 members (excludes halogenated alkanes) is 33. The van der Waals surface area contributed by atoms with Crippen LogP contribution in [0.5, 0.6) is 0 Å². The molecule has 0 saturated heterocycles. The minimum Gasteiger partial charge on any atom is -0.481 e. The summed E-state index contributed by atoms with van der Waals surface area (Å²) in [5.74, 6) is -0.648. The molecule has 6 heteroatoms. The van der Waals surface area contributed by atoms with E-state index in [0.29, 0.717) is 25.5 Å². The number of aliphatic carboxylic acids is 1. The molecule has 0 aromatic heterocycles. The summed E-state index contributed by atoms with van der Waals surface area (Å²) in [5, 5.41) is 12.4. The molecule has 0 aliphatic heterocycles. The fourth-order valence-corrected chi connectivity index (χ4v) is 7.41. The van der Waals surface area contributed by atoms with Gasteiger partial charge in [-0.15, -0.1) is 0 Å². The Kier molecular flexibility index (Phi) is 43.3. The van der Waals surface area contributed by atoms with Crippen LogP contribution < -0.4 is 11.1 Å². The van der Waals surface area contributed by atoms with Crippen LogP contribution in [0.4, 0.5) is 0 Å². The molecular weight excluding hydrogens is 645 g/mol. The van der Waals surface area contributed by atoms with E-state index in [1.165, 1.54) is 205 Å². The van der Waals surface area contributed by atoms with Gasteiger partial charge in [0.1, 0.15) is 0 Å². The number of nitrogens with one attached hydrogen (secondary N) is 1. The molecule has 0 aromatic carbocycles. The molecule has 0 amide bonds. The van der Waals surface area contributed by atoms with Crippen LogP contribution in [0, 0.1) is 0 Å². The minimum atomic E-state index is -0.661. The Morgan fingerprint density at radius 1 is 0.481 bits per heavy atom. The smallest absolute Gasteiger partial charge is 0.305 e. The van der Waals surface area contributed by atoms with Gasteiger partial charge in [-0.25, -0.2) is 0 Å². The molecule has 0 aromatic rings. The average Bonchev–Trinajstić information content (AvgIpc) is 3.14. The molecular formula is C46H92N2O4. The predicted molar refractivity (Wildman–Crippen MR) is 225 cm³/mol. The van der Waals surface area contributed by atoms with Crippen LogP contribution in [-0.2, 0) is 14.3 Å². The van der Waals surface area contributed by atoms with E-state index in [-0.39, 0.29) is 5.97 Å². The van der Waals surface area contributed by atoms with E-state index < -0.39 is 5.97 Å². The second kappa shape index (κ2) is 44.3. The van der Waals surface area contributed by atoms with Crippen LogP contribution in [-0.4, -0.2) is 42.8 Å². The Bertz CT molecular complexity index is 718. The van der Waals surface area contributed by atoms with Crippen LogP contribution in [0.15, 0.2) is 0 Å². The highest BCUT2D eigenvalue weighted by Crippen LogP contribution is 2.16. The van der Waals surface area contributed by atoms with Gasteiger partial charge in [-0.3, -0.25) is 9.59 Å². The van der Waals surface area contributed by atoms with Gasteiger partial charge in [-0.2, -0.15) is 0 Å². The molecule has 0 aliphatic carbocycles. The van der Waals surface area contributed by atoms with Crippen molar-refractivity contribution in [2.45, 2.75) is 263 Å². The van der Waals surface area contributed by atoms with Crippen LogP contribution in [0.1, 0.15) is 257 Å². The Balaban J connectivity index is 3.29. The van der Waals surface area contributed by atoms with Crippen molar-refractivity contribution in [3.05, 3.63) is 0 Å². The van der Waals surface area contributed by atoms with Gasteiger partial charge >= 0.3 is 11.9 Å². The monoisotopic (exact) mass is 737 g/mol. The van der Waals surface area contributed by atoms with Gasteiger partial charge in [-0.1, -0.05) is 212 Å². The Labute approximate surface area is 324 Å². The van der Waals surface area contributed by atoms with Crippen LogP contribution >= 0.6 is 0 Å². The van der Waals surface area contributed by atoms with Crippen LogP contribution in [0.25, 0.3) is 0 Å². The lowest BCUT2D eigenvalue weighted by atomic mass is 10.0. The first kappa shape index (κ1) is 50.9. The maximum Gasteiger partial charge on any atom is 0.305 e. The number of hydrogen-bond acceptors (Lipinski definition) is 5. The number of ether oxygens (including phenoxy) is 1. The average molecular weight is 737 g/mol. The molecule has 310 valence electrons. The number of esters is 1. The molecule has 0 aliphatic rings. The van der Waals surface area contributed by atoms with E-state index in [9.17, 15) is 9.59 Å². The maximum absolute atomic E-state index is 12.0. The maximum atomic E-state index is 12.0. The highest BCUT2D eigenvalue weighted by Gasteiger charge is 2.06. The van der Waals surface area contributed by atoms with E-state index in [1.807, 2.05) is 0 Å². The molecule has 0 saturated carbocycles. The van der Waals surface area contributed by atoms with Gasteiger partial charge in [0, 0.05) is 25.4 Å². The van der Waals surface area contributed by atoms with E-state index in [2.05, 4.69) is 12.2 Å². The molecule has 52 heavy (non-hydrogen) atoms. The number of rotatable bonds is 45. The fourth-order valence-electron chi connectivity index (χ4n) is 7.41. The summed E-state index contributed by atoms with van der Waals surface area (Å²) in [6, 6.07) is 0.490. The highest BCUT2D eigenvalue weighted by molar-refractivity contribution is 5.69. The third-order valence-electron chi connectivity index (χ3n) is 11.0. The normalized spacial score (nSPS) is 12.0. The number of carbonyl (C=O) groups excluding carboxylic acids is 1. The van der Waals surface area contributed by atoms with Crippen molar-refractivity contribution >= 4 is 11.9 Å². The second-order valence-corrected chi connectivity index (χ2v) is 16.2.